The lowest BCUT2D eigenvalue weighted by molar-refractivity contribution is 0.111. The molecule has 0 spiro atoms. The van der Waals surface area contributed by atoms with Crippen molar-refractivity contribution in [2.45, 2.75) is 26.0 Å². The van der Waals surface area contributed by atoms with Gasteiger partial charge in [-0.05, 0) is 78.4 Å². The smallest absolute Gasteiger partial charge is 0.167 e. The Hall–Kier alpha value is -4.29. The average Bonchev–Trinajstić information content (AvgIpc) is 3.79. The van der Waals surface area contributed by atoms with Crippen molar-refractivity contribution in [3.63, 3.8) is 0 Å². The summed E-state index contributed by atoms with van der Waals surface area (Å²) in [6.07, 6.45) is 3.35. The maximum Gasteiger partial charge on any atom is 0.167 e. The van der Waals surface area contributed by atoms with E-state index < -0.39 is 5.82 Å². The van der Waals surface area contributed by atoms with Gasteiger partial charge in [-0.25, -0.2) is 4.39 Å². The number of hydrogen-bond acceptors (Lipinski definition) is 4. The number of carbonyl (C=O) groups excluding carboxylic acids is 1. The molecule has 5 aromatic rings. The zero-order valence-electron chi connectivity index (χ0n) is 22.6. The van der Waals surface area contributed by atoms with Gasteiger partial charge in [-0.15, -0.1) is 0 Å². The fourth-order valence-corrected chi connectivity index (χ4v) is 5.22. The quantitative estimate of drug-likeness (QED) is 0.150. The number of benzene rings is 4. The SMILES string of the molecule is COc1cccc(Cn2c(C=O)c(-c3ccc(OCC4CC4)cc3)c3cc(OCc4cccc(Cl)c4F)ccc32)c1. The van der Waals surface area contributed by atoms with Crippen LogP contribution in [-0.4, -0.2) is 24.6 Å². The van der Waals surface area contributed by atoms with E-state index in [9.17, 15) is 9.18 Å². The average molecular weight is 570 g/mol. The van der Waals surface area contributed by atoms with Crippen molar-refractivity contribution in [2.75, 3.05) is 13.7 Å². The van der Waals surface area contributed by atoms with E-state index in [4.69, 9.17) is 25.8 Å². The van der Waals surface area contributed by atoms with Crippen LogP contribution in [0.15, 0.2) is 84.9 Å². The van der Waals surface area contributed by atoms with Gasteiger partial charge in [0.05, 0.1) is 24.4 Å². The lowest BCUT2D eigenvalue weighted by Crippen LogP contribution is -2.04. The number of aldehydes is 1. The predicted octanol–water partition coefficient (Wildman–Crippen LogP) is 8.34. The number of ether oxygens (including phenoxy) is 3. The normalized spacial score (nSPS) is 12.9. The topological polar surface area (TPSA) is 49.7 Å². The summed E-state index contributed by atoms with van der Waals surface area (Å²) < 4.78 is 33.8. The Kier molecular flexibility index (Phi) is 7.66. The number of hydrogen-bond donors (Lipinski definition) is 0. The van der Waals surface area contributed by atoms with E-state index in [-0.39, 0.29) is 11.6 Å². The minimum absolute atomic E-state index is 0.0192. The molecule has 5 nitrogen and oxygen atoms in total. The molecule has 4 aromatic carbocycles. The van der Waals surface area contributed by atoms with Crippen LogP contribution in [0, 0.1) is 11.7 Å². The molecule has 1 fully saturated rings. The molecule has 0 bridgehead atoms. The molecule has 0 aliphatic heterocycles. The van der Waals surface area contributed by atoms with Crippen LogP contribution in [-0.2, 0) is 13.2 Å². The van der Waals surface area contributed by atoms with E-state index in [1.54, 1.807) is 19.2 Å². The van der Waals surface area contributed by atoms with Crippen LogP contribution >= 0.6 is 11.6 Å². The van der Waals surface area contributed by atoms with Crippen molar-refractivity contribution in [3.05, 3.63) is 113 Å². The molecule has 0 unspecified atom stereocenters. The Morgan fingerprint density at radius 2 is 1.71 bits per heavy atom. The Morgan fingerprint density at radius 3 is 2.46 bits per heavy atom. The highest BCUT2D eigenvalue weighted by Crippen LogP contribution is 2.38. The van der Waals surface area contributed by atoms with Crippen molar-refractivity contribution in [3.8, 4) is 28.4 Å². The van der Waals surface area contributed by atoms with Crippen LogP contribution in [0.25, 0.3) is 22.0 Å². The Balaban J connectivity index is 1.40. The van der Waals surface area contributed by atoms with Crippen LogP contribution in [0.3, 0.4) is 0 Å². The summed E-state index contributed by atoms with van der Waals surface area (Å²) in [4.78, 5) is 12.7. The lowest BCUT2D eigenvalue weighted by Gasteiger charge is -2.11. The molecule has 0 atom stereocenters. The zero-order valence-corrected chi connectivity index (χ0v) is 23.4. The number of methoxy groups -OCH3 is 1. The fraction of sp³-hybridized carbons (Fsp3) is 0.206. The van der Waals surface area contributed by atoms with E-state index >= 15 is 0 Å². The second-order valence-electron chi connectivity index (χ2n) is 10.3. The van der Waals surface area contributed by atoms with E-state index in [1.165, 1.54) is 18.9 Å². The van der Waals surface area contributed by atoms with Gasteiger partial charge >= 0.3 is 0 Å². The molecular formula is C34H29ClFNO4. The summed E-state index contributed by atoms with van der Waals surface area (Å²) in [6, 6.07) is 26.2. The number of halogens is 2. The molecule has 0 saturated heterocycles. The van der Waals surface area contributed by atoms with E-state index in [0.717, 1.165) is 52.0 Å². The highest BCUT2D eigenvalue weighted by molar-refractivity contribution is 6.30. The summed E-state index contributed by atoms with van der Waals surface area (Å²) in [5.41, 5.74) is 4.47. The van der Waals surface area contributed by atoms with Gasteiger partial charge in [0, 0.05) is 28.6 Å². The molecule has 1 aliphatic rings. The predicted molar refractivity (Wildman–Crippen MR) is 159 cm³/mol. The van der Waals surface area contributed by atoms with Crippen molar-refractivity contribution < 1.29 is 23.4 Å². The van der Waals surface area contributed by atoms with Crippen LogP contribution in [0.4, 0.5) is 4.39 Å². The zero-order chi connectivity index (χ0) is 28.3. The Bertz CT molecular complexity index is 1710. The van der Waals surface area contributed by atoms with Gasteiger partial charge in [-0.2, -0.15) is 0 Å². The van der Waals surface area contributed by atoms with Crippen LogP contribution < -0.4 is 14.2 Å². The minimum atomic E-state index is -0.493. The molecule has 41 heavy (non-hydrogen) atoms. The van der Waals surface area contributed by atoms with E-state index in [2.05, 4.69) is 0 Å². The highest BCUT2D eigenvalue weighted by atomic mass is 35.5. The summed E-state index contributed by atoms with van der Waals surface area (Å²) in [7, 11) is 1.63. The van der Waals surface area contributed by atoms with Gasteiger partial charge in [0.2, 0.25) is 0 Å². The molecule has 1 aliphatic carbocycles. The van der Waals surface area contributed by atoms with Gasteiger partial charge in [0.25, 0.3) is 0 Å². The Labute approximate surface area is 243 Å². The largest absolute Gasteiger partial charge is 0.497 e. The van der Waals surface area contributed by atoms with E-state index in [1.807, 2.05) is 71.3 Å². The second-order valence-corrected chi connectivity index (χ2v) is 10.7. The molecule has 1 heterocycles. The maximum atomic E-state index is 14.5. The number of aromatic nitrogens is 1. The Morgan fingerprint density at radius 1 is 0.927 bits per heavy atom. The van der Waals surface area contributed by atoms with Crippen molar-refractivity contribution in [1.82, 2.24) is 4.57 Å². The van der Waals surface area contributed by atoms with Gasteiger partial charge in [0.1, 0.15) is 29.7 Å². The first-order chi connectivity index (χ1) is 20.0. The molecule has 0 radical (unpaired) electrons. The molecular weight excluding hydrogens is 541 g/mol. The van der Waals surface area contributed by atoms with Gasteiger partial charge in [-0.1, -0.05) is 48.0 Å². The van der Waals surface area contributed by atoms with Crippen molar-refractivity contribution >= 4 is 28.8 Å². The first kappa shape index (κ1) is 26.9. The van der Waals surface area contributed by atoms with Crippen LogP contribution in [0.2, 0.25) is 5.02 Å². The number of nitrogens with zero attached hydrogens (tertiary/aromatic N) is 1. The molecule has 208 valence electrons. The van der Waals surface area contributed by atoms with Gasteiger partial charge < -0.3 is 18.8 Å². The molecule has 7 heteroatoms. The third-order valence-electron chi connectivity index (χ3n) is 7.41. The molecule has 1 aromatic heterocycles. The first-order valence-electron chi connectivity index (χ1n) is 13.6. The van der Waals surface area contributed by atoms with Crippen LogP contribution in [0.1, 0.15) is 34.5 Å². The summed E-state index contributed by atoms with van der Waals surface area (Å²) in [5, 5.41) is 0.907. The lowest BCUT2D eigenvalue weighted by atomic mass is 10.0. The van der Waals surface area contributed by atoms with Crippen molar-refractivity contribution in [2.24, 2.45) is 5.92 Å². The molecule has 0 N–H and O–H groups in total. The molecule has 6 rings (SSSR count). The summed E-state index contributed by atoms with van der Waals surface area (Å²) >= 11 is 5.95. The second kappa shape index (κ2) is 11.7. The van der Waals surface area contributed by atoms with E-state index in [0.29, 0.717) is 29.5 Å². The summed E-state index contributed by atoms with van der Waals surface area (Å²) in [6.45, 7) is 1.22. The minimum Gasteiger partial charge on any atom is -0.497 e. The third kappa shape index (κ3) is 5.79. The van der Waals surface area contributed by atoms with Crippen molar-refractivity contribution in [1.29, 1.82) is 0 Å². The number of rotatable bonds is 11. The third-order valence-corrected chi connectivity index (χ3v) is 7.70. The van der Waals surface area contributed by atoms with Gasteiger partial charge in [0.15, 0.2) is 6.29 Å². The standard InChI is InChI=1S/C34H29ClFNO4/c1-39-27-6-2-4-23(16-27)18-37-31-15-14-28(41-21-25-5-3-7-30(35)34(25)36)17-29(31)33(32(37)19-38)24-10-12-26(13-11-24)40-20-22-8-9-22/h2-7,10-17,19,22H,8-9,18,20-21H2,1H3. The number of fused-ring (bicyclic) bond motifs is 1. The van der Waals surface area contributed by atoms with Crippen LogP contribution in [0.5, 0.6) is 17.2 Å². The highest BCUT2D eigenvalue weighted by Gasteiger charge is 2.23. The fourth-order valence-electron chi connectivity index (χ4n) is 5.03. The first-order valence-corrected chi connectivity index (χ1v) is 13.9. The molecule has 1 saturated carbocycles. The molecule has 0 amide bonds. The number of carbonyl (C=O) groups is 1. The summed E-state index contributed by atoms with van der Waals surface area (Å²) in [5.74, 6) is 2.27. The monoisotopic (exact) mass is 569 g/mol. The van der Waals surface area contributed by atoms with Gasteiger partial charge in [-0.3, -0.25) is 4.79 Å². The maximum absolute atomic E-state index is 14.5.